The third-order valence-electron chi connectivity index (χ3n) is 6.58. The molecule has 1 atom stereocenters. The van der Waals surface area contributed by atoms with E-state index in [2.05, 4.69) is 46.4 Å². The van der Waals surface area contributed by atoms with Crippen LogP contribution in [0.5, 0.6) is 17.2 Å². The number of hydrogen-bond acceptors (Lipinski definition) is 5. The molecule has 6 rings (SSSR count). The largest absolute Gasteiger partial charge is 0.496 e. The summed E-state index contributed by atoms with van der Waals surface area (Å²) in [6.45, 7) is 0. The number of hydrogen-bond donors (Lipinski definition) is 2. The molecule has 3 aliphatic rings. The Morgan fingerprint density at radius 3 is 2.33 bits per heavy atom. The molecule has 1 unspecified atom stereocenters. The van der Waals surface area contributed by atoms with Crippen molar-refractivity contribution in [1.29, 1.82) is 0 Å². The minimum absolute atomic E-state index is 0.601. The summed E-state index contributed by atoms with van der Waals surface area (Å²) in [5.41, 5.74) is 4.81. The summed E-state index contributed by atoms with van der Waals surface area (Å²) in [7, 11) is 4.90. The van der Waals surface area contributed by atoms with Crippen molar-refractivity contribution in [3.63, 3.8) is 0 Å². The number of benzene rings is 1. The average Bonchev–Trinajstić information content (AvgIpc) is 3.69. The number of nitrogens with one attached hydrogen (secondary N) is 2. The highest BCUT2D eigenvalue weighted by Gasteiger charge is 2.37. The molecule has 180 valence electrons. The number of H-pyrrole nitrogens is 2. The number of nitrogens with zero attached hydrogens (tertiary/aromatic N) is 2. The van der Waals surface area contributed by atoms with E-state index in [-0.39, 0.29) is 0 Å². The molecule has 7 heteroatoms. The summed E-state index contributed by atoms with van der Waals surface area (Å²) in [5, 5.41) is 2.01. The van der Waals surface area contributed by atoms with Crippen LogP contribution in [0, 0.1) is 0 Å². The molecule has 5 heterocycles. The van der Waals surface area contributed by atoms with Gasteiger partial charge in [-0.15, -0.1) is 0 Å². The van der Waals surface area contributed by atoms with Gasteiger partial charge in [0.05, 0.1) is 38.4 Å². The van der Waals surface area contributed by atoms with E-state index in [9.17, 15) is 0 Å². The summed E-state index contributed by atoms with van der Waals surface area (Å²) in [6.07, 6.45) is 14.9. The van der Waals surface area contributed by atoms with Gasteiger partial charge in [0.25, 0.3) is 0 Å². The number of ether oxygens (including phenoxy) is 3. The summed E-state index contributed by atoms with van der Waals surface area (Å²) in [4.78, 5) is 17.0. The van der Waals surface area contributed by atoms with Crippen molar-refractivity contribution >= 4 is 23.6 Å². The molecular weight excluding hydrogens is 452 g/mol. The maximum absolute atomic E-state index is 5.82. The van der Waals surface area contributed by atoms with Crippen LogP contribution in [0.2, 0.25) is 0 Å². The van der Waals surface area contributed by atoms with Gasteiger partial charge in [-0.25, -0.2) is 4.99 Å². The minimum Gasteiger partial charge on any atom is -0.496 e. The monoisotopic (exact) mass is 478 g/mol. The molecule has 0 amide bonds. The van der Waals surface area contributed by atoms with Crippen LogP contribution in [0.25, 0.3) is 12.2 Å². The first-order chi connectivity index (χ1) is 17.6. The van der Waals surface area contributed by atoms with Crippen LogP contribution >= 0.6 is 0 Å². The van der Waals surface area contributed by atoms with E-state index in [1.54, 1.807) is 21.3 Å². The van der Waals surface area contributed by atoms with Crippen molar-refractivity contribution in [1.82, 2.24) is 9.97 Å². The van der Waals surface area contributed by atoms with Gasteiger partial charge in [0.2, 0.25) is 0 Å². The summed E-state index contributed by atoms with van der Waals surface area (Å²) in [6, 6.07) is 12.1. The fourth-order valence-electron chi connectivity index (χ4n) is 4.89. The Balaban J connectivity index is 1.56. The summed E-state index contributed by atoms with van der Waals surface area (Å²) < 4.78 is 17.0. The van der Waals surface area contributed by atoms with Crippen LogP contribution in [0.3, 0.4) is 0 Å². The predicted molar refractivity (Wildman–Crippen MR) is 142 cm³/mol. The first-order valence-corrected chi connectivity index (χ1v) is 11.7. The van der Waals surface area contributed by atoms with E-state index in [4.69, 9.17) is 24.2 Å². The molecule has 0 radical (unpaired) electrons. The lowest BCUT2D eigenvalue weighted by Crippen LogP contribution is -2.24. The van der Waals surface area contributed by atoms with E-state index in [1.807, 2.05) is 42.5 Å². The van der Waals surface area contributed by atoms with Crippen LogP contribution in [0.1, 0.15) is 17.0 Å². The highest BCUT2D eigenvalue weighted by atomic mass is 16.5. The second-order valence-corrected chi connectivity index (χ2v) is 8.91. The molecule has 0 saturated carbocycles. The Morgan fingerprint density at radius 2 is 1.53 bits per heavy atom. The summed E-state index contributed by atoms with van der Waals surface area (Å²) in [5.74, 6) is 1.90. The maximum atomic E-state index is 5.82. The third kappa shape index (κ3) is 3.88. The Bertz CT molecular complexity index is 1630. The molecule has 0 aliphatic carbocycles. The molecular formula is C29H26N4O3. The van der Waals surface area contributed by atoms with Crippen LogP contribution in [0.4, 0.5) is 0 Å². The van der Waals surface area contributed by atoms with Gasteiger partial charge < -0.3 is 24.2 Å². The van der Waals surface area contributed by atoms with E-state index in [1.165, 1.54) is 0 Å². The molecule has 2 N–H and O–H groups in total. The van der Waals surface area contributed by atoms with Crippen LogP contribution in [0.15, 0.2) is 82.5 Å². The molecule has 1 aromatic carbocycles. The Kier molecular flexibility index (Phi) is 5.25. The molecule has 7 nitrogen and oxygen atoms in total. The van der Waals surface area contributed by atoms with E-state index >= 15 is 0 Å². The molecule has 8 bridgehead atoms. The lowest BCUT2D eigenvalue weighted by Gasteiger charge is -2.27. The van der Waals surface area contributed by atoms with Gasteiger partial charge in [0.1, 0.15) is 11.3 Å². The molecule has 0 spiro atoms. The average molecular weight is 479 g/mol. The second kappa shape index (κ2) is 8.61. The third-order valence-corrected chi connectivity index (χ3v) is 6.58. The topological polar surface area (TPSA) is 84.0 Å². The van der Waals surface area contributed by atoms with E-state index < -0.39 is 5.54 Å². The van der Waals surface area contributed by atoms with Crippen molar-refractivity contribution in [3.05, 3.63) is 100 Å². The van der Waals surface area contributed by atoms with Crippen molar-refractivity contribution < 1.29 is 14.2 Å². The second-order valence-electron chi connectivity index (χ2n) is 8.91. The predicted octanol–water partition coefficient (Wildman–Crippen LogP) is 3.34. The lowest BCUT2D eigenvalue weighted by molar-refractivity contribution is 0.344. The van der Waals surface area contributed by atoms with E-state index in [0.29, 0.717) is 23.7 Å². The molecule has 3 aromatic rings. The number of aromatic amines is 2. The van der Waals surface area contributed by atoms with Crippen LogP contribution in [-0.4, -0.2) is 42.7 Å². The first kappa shape index (κ1) is 22.0. The van der Waals surface area contributed by atoms with E-state index in [0.717, 1.165) is 44.8 Å². The molecule has 36 heavy (non-hydrogen) atoms. The number of fused-ring (bicyclic) bond motifs is 6. The van der Waals surface area contributed by atoms with Crippen LogP contribution in [-0.2, 0) is 12.0 Å². The molecule has 3 aliphatic heterocycles. The summed E-state index contributed by atoms with van der Waals surface area (Å²) >= 11 is 0. The Hall–Kier alpha value is -4.52. The number of aliphatic imine (C=N–C) groups is 2. The van der Waals surface area contributed by atoms with Gasteiger partial charge in [0, 0.05) is 40.1 Å². The van der Waals surface area contributed by atoms with Crippen molar-refractivity contribution in [2.45, 2.75) is 12.0 Å². The zero-order valence-electron chi connectivity index (χ0n) is 20.3. The Morgan fingerprint density at radius 1 is 0.750 bits per heavy atom. The fourth-order valence-corrected chi connectivity index (χ4v) is 4.89. The number of rotatable bonds is 4. The molecule has 0 saturated heterocycles. The smallest absolute Gasteiger partial charge is 0.164 e. The zero-order chi connectivity index (χ0) is 24.7. The number of methoxy groups -OCH3 is 3. The SMILES string of the molecule is COc1cc(OC)c(C23C=CC(=N2)C=C2C=CC(=N2)C=c2ccc([nH]2)=Cc2ccc([nH]2)C3)cc1OC. The zero-order valence-corrected chi connectivity index (χ0v) is 20.3. The van der Waals surface area contributed by atoms with Gasteiger partial charge in [-0.2, -0.15) is 0 Å². The van der Waals surface area contributed by atoms with Crippen molar-refractivity contribution in [2.24, 2.45) is 9.98 Å². The van der Waals surface area contributed by atoms with Gasteiger partial charge in [-0.3, -0.25) is 4.99 Å². The fraction of sp³-hybridized carbons (Fsp3) is 0.172. The molecule has 2 aromatic heterocycles. The highest BCUT2D eigenvalue weighted by Crippen LogP contribution is 2.45. The van der Waals surface area contributed by atoms with Crippen molar-refractivity contribution in [3.8, 4) is 17.2 Å². The minimum atomic E-state index is -0.711. The first-order valence-electron chi connectivity index (χ1n) is 11.7. The van der Waals surface area contributed by atoms with Gasteiger partial charge in [-0.1, -0.05) is 0 Å². The normalized spacial score (nSPS) is 19.7. The quantitative estimate of drug-likeness (QED) is 0.603. The van der Waals surface area contributed by atoms with Crippen molar-refractivity contribution in [2.75, 3.05) is 21.3 Å². The van der Waals surface area contributed by atoms with Gasteiger partial charge in [-0.05, 0) is 72.9 Å². The van der Waals surface area contributed by atoms with Gasteiger partial charge in [0.15, 0.2) is 11.5 Å². The molecule has 0 fully saturated rings. The number of aromatic nitrogens is 2. The van der Waals surface area contributed by atoms with Crippen LogP contribution < -0.4 is 24.9 Å². The Labute approximate surface area is 208 Å². The van der Waals surface area contributed by atoms with Gasteiger partial charge >= 0.3 is 0 Å². The number of allylic oxidation sites excluding steroid dienone is 4. The standard InChI is InChI=1S/C29H26N4O3/c1-34-26-16-28(36-3)27(35-2)15-25(26)29-11-10-23(33-29)14-22-7-6-19(31-22)12-18-4-5-20(30-18)13-21-8-9-24(17-29)32-21/h4-16,30,32H,17H2,1-3H3. The maximum Gasteiger partial charge on any atom is 0.164 e. The lowest BCUT2D eigenvalue weighted by atomic mass is 9.85. The highest BCUT2D eigenvalue weighted by molar-refractivity contribution is 6.19.